The molecule has 5 heteroatoms. The number of ether oxygens (including phenoxy) is 1. The van der Waals surface area contributed by atoms with E-state index < -0.39 is 0 Å². The van der Waals surface area contributed by atoms with E-state index in [1.807, 2.05) is 6.92 Å². The third-order valence-corrected chi connectivity index (χ3v) is 11.4. The number of carbonyl (C=O) groups is 1. The SMILES string of the molecule is CNC1CCC2(C)C(=CCC3C2CCC2(COC(=O)C=C(C)C(C)C)C(C(C)N(C)C)CC(O)C32)C1. The van der Waals surface area contributed by atoms with Gasteiger partial charge in [-0.2, -0.15) is 0 Å². The predicted molar refractivity (Wildman–Crippen MR) is 146 cm³/mol. The molecule has 4 aliphatic rings. The van der Waals surface area contributed by atoms with Crippen LogP contribution in [-0.2, 0) is 9.53 Å². The molecule has 0 heterocycles. The lowest BCUT2D eigenvalue weighted by Crippen LogP contribution is -2.56. The second-order valence-electron chi connectivity index (χ2n) is 13.4. The van der Waals surface area contributed by atoms with Crippen LogP contribution in [0.5, 0.6) is 0 Å². The number of rotatable bonds is 7. The van der Waals surface area contributed by atoms with E-state index in [4.69, 9.17) is 4.74 Å². The molecule has 0 aliphatic heterocycles. The molecule has 4 rings (SSSR count). The fourth-order valence-corrected chi connectivity index (χ4v) is 8.74. The van der Waals surface area contributed by atoms with Crippen molar-refractivity contribution >= 4 is 5.97 Å². The quantitative estimate of drug-likeness (QED) is 0.286. The second kappa shape index (κ2) is 10.5. The van der Waals surface area contributed by atoms with Crippen LogP contribution in [0, 0.1) is 40.4 Å². The van der Waals surface area contributed by atoms with Gasteiger partial charge in [-0.1, -0.05) is 38.0 Å². The summed E-state index contributed by atoms with van der Waals surface area (Å²) in [4.78, 5) is 15.2. The molecule has 9 unspecified atom stereocenters. The largest absolute Gasteiger partial charge is 0.462 e. The molecule has 204 valence electrons. The van der Waals surface area contributed by atoms with Crippen LogP contribution < -0.4 is 5.32 Å². The summed E-state index contributed by atoms with van der Waals surface area (Å²) >= 11 is 0. The van der Waals surface area contributed by atoms with Crippen LogP contribution in [0.4, 0.5) is 0 Å². The van der Waals surface area contributed by atoms with Crippen molar-refractivity contribution in [1.29, 1.82) is 0 Å². The van der Waals surface area contributed by atoms with Crippen molar-refractivity contribution in [2.75, 3.05) is 27.7 Å². The topological polar surface area (TPSA) is 61.8 Å². The number of aliphatic hydroxyl groups excluding tert-OH is 1. The standard InChI is InChI=1S/C31H52N2O3/c1-19(2)20(3)15-28(35)36-18-31-14-12-25-24(29(31)27(34)17-26(31)21(4)33(7)8)10-9-22-16-23(32-6)11-13-30(22,25)5/h9,15,19,21,23-27,29,32,34H,10-14,16-18H2,1-8H3. The molecular formula is C31H52N2O3. The number of nitrogens with zero attached hydrogens (tertiary/aromatic N) is 1. The van der Waals surface area contributed by atoms with Gasteiger partial charge in [-0.05, 0) is 115 Å². The van der Waals surface area contributed by atoms with E-state index >= 15 is 0 Å². The molecule has 0 aromatic carbocycles. The average Bonchev–Trinajstić information content (AvgIpc) is 3.14. The lowest BCUT2D eigenvalue weighted by atomic mass is 9.46. The first kappa shape index (κ1) is 27.9. The zero-order chi connectivity index (χ0) is 26.4. The Labute approximate surface area is 220 Å². The first-order valence-corrected chi connectivity index (χ1v) is 14.5. The zero-order valence-corrected chi connectivity index (χ0v) is 24.1. The highest BCUT2D eigenvalue weighted by atomic mass is 16.5. The number of nitrogens with one attached hydrogen (secondary N) is 1. The molecule has 36 heavy (non-hydrogen) atoms. The van der Waals surface area contributed by atoms with Crippen molar-refractivity contribution in [2.45, 2.75) is 97.8 Å². The van der Waals surface area contributed by atoms with Gasteiger partial charge in [0.25, 0.3) is 0 Å². The number of hydrogen-bond acceptors (Lipinski definition) is 5. The molecule has 3 fully saturated rings. The predicted octanol–water partition coefficient (Wildman–Crippen LogP) is 5.20. The van der Waals surface area contributed by atoms with E-state index in [0.29, 0.717) is 42.4 Å². The fraction of sp³-hybridized carbons (Fsp3) is 0.839. The normalized spacial score (nSPS) is 41.4. The van der Waals surface area contributed by atoms with Crippen LogP contribution in [0.25, 0.3) is 0 Å². The van der Waals surface area contributed by atoms with Crippen molar-refractivity contribution in [1.82, 2.24) is 10.2 Å². The van der Waals surface area contributed by atoms with Crippen LogP contribution in [0.1, 0.15) is 79.6 Å². The summed E-state index contributed by atoms with van der Waals surface area (Å²) in [5, 5.41) is 15.2. The Morgan fingerprint density at radius 3 is 2.64 bits per heavy atom. The number of allylic oxidation sites excluding steroid dienone is 2. The highest BCUT2D eigenvalue weighted by Crippen LogP contribution is 2.67. The van der Waals surface area contributed by atoms with Gasteiger partial charge in [0.2, 0.25) is 0 Å². The van der Waals surface area contributed by atoms with Crippen molar-refractivity contribution < 1.29 is 14.6 Å². The van der Waals surface area contributed by atoms with E-state index in [-0.39, 0.29) is 28.8 Å². The lowest BCUT2D eigenvalue weighted by molar-refractivity contribution is -0.154. The molecule has 0 saturated heterocycles. The van der Waals surface area contributed by atoms with E-state index in [1.54, 1.807) is 11.6 Å². The smallest absolute Gasteiger partial charge is 0.330 e. The van der Waals surface area contributed by atoms with Crippen molar-refractivity contribution in [2.24, 2.45) is 40.4 Å². The number of fused-ring (bicyclic) bond motifs is 5. The van der Waals surface area contributed by atoms with Crippen molar-refractivity contribution in [3.05, 3.63) is 23.3 Å². The van der Waals surface area contributed by atoms with Gasteiger partial charge in [-0.3, -0.25) is 0 Å². The minimum atomic E-state index is -0.330. The maximum atomic E-state index is 12.9. The Morgan fingerprint density at radius 2 is 2.00 bits per heavy atom. The molecule has 3 saturated carbocycles. The first-order chi connectivity index (χ1) is 16.9. The molecular weight excluding hydrogens is 448 g/mol. The monoisotopic (exact) mass is 500 g/mol. The fourth-order valence-electron chi connectivity index (χ4n) is 8.74. The van der Waals surface area contributed by atoms with Crippen molar-refractivity contribution in [3.8, 4) is 0 Å². The zero-order valence-electron chi connectivity index (χ0n) is 24.1. The number of carbonyl (C=O) groups excluding carboxylic acids is 1. The van der Waals surface area contributed by atoms with Crippen LogP contribution in [0.3, 0.4) is 0 Å². The van der Waals surface area contributed by atoms with Crippen LogP contribution in [0.15, 0.2) is 23.3 Å². The summed E-state index contributed by atoms with van der Waals surface area (Å²) < 4.78 is 6.09. The lowest BCUT2D eigenvalue weighted by Gasteiger charge is -2.59. The Kier molecular flexibility index (Phi) is 8.15. The molecule has 9 atom stereocenters. The summed E-state index contributed by atoms with van der Waals surface area (Å²) in [7, 11) is 6.37. The summed E-state index contributed by atoms with van der Waals surface area (Å²) in [6.45, 7) is 11.4. The van der Waals surface area contributed by atoms with E-state index in [1.165, 1.54) is 19.3 Å². The second-order valence-corrected chi connectivity index (χ2v) is 13.4. The molecule has 0 bridgehead atoms. The van der Waals surface area contributed by atoms with Crippen LogP contribution >= 0.6 is 0 Å². The van der Waals surface area contributed by atoms with Gasteiger partial charge in [0.05, 0.1) is 12.7 Å². The van der Waals surface area contributed by atoms with Gasteiger partial charge in [-0.15, -0.1) is 0 Å². The van der Waals surface area contributed by atoms with E-state index in [0.717, 1.165) is 31.3 Å². The van der Waals surface area contributed by atoms with Crippen LogP contribution in [-0.4, -0.2) is 61.9 Å². The maximum Gasteiger partial charge on any atom is 0.330 e. The van der Waals surface area contributed by atoms with Gasteiger partial charge >= 0.3 is 5.97 Å². The first-order valence-electron chi connectivity index (χ1n) is 14.5. The van der Waals surface area contributed by atoms with Gasteiger partial charge in [-0.25, -0.2) is 4.79 Å². The number of hydrogen-bond donors (Lipinski definition) is 2. The Morgan fingerprint density at radius 1 is 1.28 bits per heavy atom. The highest BCUT2D eigenvalue weighted by molar-refractivity contribution is 5.82. The summed E-state index contributed by atoms with van der Waals surface area (Å²) in [5.74, 6) is 1.67. The Bertz CT molecular complexity index is 879. The summed E-state index contributed by atoms with van der Waals surface area (Å²) in [6.07, 6.45) is 11.6. The average molecular weight is 501 g/mol. The maximum absolute atomic E-state index is 12.9. The van der Waals surface area contributed by atoms with Crippen molar-refractivity contribution in [3.63, 3.8) is 0 Å². The molecule has 4 aliphatic carbocycles. The van der Waals surface area contributed by atoms with Gasteiger partial charge in [0.15, 0.2) is 0 Å². The molecule has 0 aromatic rings. The third-order valence-electron chi connectivity index (χ3n) is 11.4. The van der Waals surface area contributed by atoms with Gasteiger partial charge in [0, 0.05) is 23.6 Å². The summed E-state index contributed by atoms with van der Waals surface area (Å²) in [5.41, 5.74) is 2.77. The summed E-state index contributed by atoms with van der Waals surface area (Å²) in [6, 6.07) is 0.914. The molecule has 0 spiro atoms. The van der Waals surface area contributed by atoms with E-state index in [2.05, 4.69) is 65.1 Å². The third kappa shape index (κ3) is 4.73. The molecule has 0 amide bonds. The molecule has 5 nitrogen and oxygen atoms in total. The molecule has 2 N–H and O–H groups in total. The number of aliphatic hydroxyl groups is 1. The van der Waals surface area contributed by atoms with Gasteiger partial charge < -0.3 is 20.1 Å². The van der Waals surface area contributed by atoms with Gasteiger partial charge in [0.1, 0.15) is 0 Å². The van der Waals surface area contributed by atoms with E-state index in [9.17, 15) is 9.90 Å². The minimum absolute atomic E-state index is 0.163. The minimum Gasteiger partial charge on any atom is -0.462 e. The number of esters is 1. The van der Waals surface area contributed by atoms with Crippen LogP contribution in [0.2, 0.25) is 0 Å². The molecule has 0 aromatic heterocycles. The Balaban J connectivity index is 1.66. The Hall–Kier alpha value is -1.17. The highest BCUT2D eigenvalue weighted by Gasteiger charge is 2.64. The molecule has 0 radical (unpaired) electrons.